The second-order valence-corrected chi connectivity index (χ2v) is 4.38. The summed E-state index contributed by atoms with van der Waals surface area (Å²) < 4.78 is 5.51. The topological polar surface area (TPSA) is 78.9 Å². The van der Waals surface area contributed by atoms with Crippen molar-refractivity contribution in [2.45, 2.75) is 38.3 Å². The van der Waals surface area contributed by atoms with E-state index in [1.807, 2.05) is 0 Å². The fourth-order valence-electron chi connectivity index (χ4n) is 1.70. The molecule has 0 aliphatic carbocycles. The molecule has 6 nitrogen and oxygen atoms in total. The number of hydrogen-bond acceptors (Lipinski definition) is 3. The summed E-state index contributed by atoms with van der Waals surface area (Å²) in [6, 6.07) is -1.26. The standard InChI is InChI=1S/C11H20N2O4/c1-8(10(14)15)12-11(16)13(2)7-9-5-3-4-6-17-9/h8-9H,3-7H2,1-2H3,(H,12,16)(H,14,15)/t8-,9?/m0/s1. The molecule has 0 bridgehead atoms. The van der Waals surface area contributed by atoms with E-state index >= 15 is 0 Å². The van der Waals surface area contributed by atoms with E-state index in [4.69, 9.17) is 9.84 Å². The zero-order chi connectivity index (χ0) is 12.8. The van der Waals surface area contributed by atoms with Gasteiger partial charge in [-0.05, 0) is 26.2 Å². The third-order valence-corrected chi connectivity index (χ3v) is 2.81. The van der Waals surface area contributed by atoms with Crippen molar-refractivity contribution in [1.29, 1.82) is 0 Å². The maximum atomic E-state index is 11.6. The lowest BCUT2D eigenvalue weighted by atomic mass is 10.1. The molecule has 1 rings (SSSR count). The Hall–Kier alpha value is -1.30. The number of aliphatic carboxylic acids is 1. The maximum absolute atomic E-state index is 11.6. The molecule has 0 radical (unpaired) electrons. The Morgan fingerprint density at radius 2 is 2.24 bits per heavy atom. The van der Waals surface area contributed by atoms with Gasteiger partial charge >= 0.3 is 12.0 Å². The van der Waals surface area contributed by atoms with Gasteiger partial charge in [-0.15, -0.1) is 0 Å². The molecule has 17 heavy (non-hydrogen) atoms. The van der Waals surface area contributed by atoms with Crippen LogP contribution in [0.4, 0.5) is 4.79 Å². The molecule has 1 heterocycles. The highest BCUT2D eigenvalue weighted by Crippen LogP contribution is 2.13. The van der Waals surface area contributed by atoms with Crippen LogP contribution in [0.1, 0.15) is 26.2 Å². The molecule has 0 aromatic carbocycles. The van der Waals surface area contributed by atoms with Crippen LogP contribution in [-0.2, 0) is 9.53 Å². The molecule has 0 aromatic rings. The summed E-state index contributed by atoms with van der Waals surface area (Å²) in [7, 11) is 1.64. The summed E-state index contributed by atoms with van der Waals surface area (Å²) in [6.45, 7) is 2.68. The first kappa shape index (κ1) is 13.8. The lowest BCUT2D eigenvalue weighted by Gasteiger charge is -2.28. The van der Waals surface area contributed by atoms with E-state index in [2.05, 4.69) is 5.32 Å². The zero-order valence-corrected chi connectivity index (χ0v) is 10.3. The molecule has 2 N–H and O–H groups in total. The molecule has 1 aliphatic heterocycles. The molecule has 98 valence electrons. The number of carboxylic acids is 1. The molecule has 0 spiro atoms. The highest BCUT2D eigenvalue weighted by molar-refractivity contribution is 5.82. The number of carboxylic acid groups (broad SMARTS) is 1. The van der Waals surface area contributed by atoms with Crippen LogP contribution in [0.5, 0.6) is 0 Å². The number of amides is 2. The quantitative estimate of drug-likeness (QED) is 0.762. The first-order valence-electron chi connectivity index (χ1n) is 5.86. The smallest absolute Gasteiger partial charge is 0.325 e. The minimum atomic E-state index is -1.04. The average Bonchev–Trinajstić information content (AvgIpc) is 2.29. The van der Waals surface area contributed by atoms with Crippen LogP contribution in [0, 0.1) is 0 Å². The molecule has 0 saturated carbocycles. The summed E-state index contributed by atoms with van der Waals surface area (Å²) in [5.74, 6) is -1.04. The van der Waals surface area contributed by atoms with Crippen molar-refractivity contribution in [1.82, 2.24) is 10.2 Å². The van der Waals surface area contributed by atoms with Gasteiger partial charge in [-0.3, -0.25) is 4.79 Å². The number of rotatable bonds is 4. The molecule has 1 saturated heterocycles. The predicted molar refractivity (Wildman–Crippen MR) is 61.9 cm³/mol. The van der Waals surface area contributed by atoms with Gasteiger partial charge in [0.15, 0.2) is 0 Å². The summed E-state index contributed by atoms with van der Waals surface area (Å²) in [5.41, 5.74) is 0. The second-order valence-electron chi connectivity index (χ2n) is 4.38. The number of hydrogen-bond donors (Lipinski definition) is 2. The number of ether oxygens (including phenoxy) is 1. The van der Waals surface area contributed by atoms with Crippen LogP contribution in [0.3, 0.4) is 0 Å². The van der Waals surface area contributed by atoms with Crippen molar-refractivity contribution in [2.75, 3.05) is 20.2 Å². The molecule has 2 amide bonds. The van der Waals surface area contributed by atoms with Gasteiger partial charge in [0, 0.05) is 20.2 Å². The van der Waals surface area contributed by atoms with Crippen LogP contribution in [0.25, 0.3) is 0 Å². The van der Waals surface area contributed by atoms with E-state index in [1.54, 1.807) is 7.05 Å². The van der Waals surface area contributed by atoms with Crippen molar-refractivity contribution in [3.8, 4) is 0 Å². The maximum Gasteiger partial charge on any atom is 0.325 e. The highest BCUT2D eigenvalue weighted by Gasteiger charge is 2.21. The fraction of sp³-hybridized carbons (Fsp3) is 0.818. The van der Waals surface area contributed by atoms with E-state index in [0.717, 1.165) is 25.9 Å². The Kier molecular flexibility index (Phi) is 5.21. The Morgan fingerprint density at radius 1 is 1.53 bits per heavy atom. The third-order valence-electron chi connectivity index (χ3n) is 2.81. The van der Waals surface area contributed by atoms with Crippen molar-refractivity contribution in [3.63, 3.8) is 0 Å². The van der Waals surface area contributed by atoms with Gasteiger partial charge in [-0.25, -0.2) is 4.79 Å². The van der Waals surface area contributed by atoms with E-state index in [1.165, 1.54) is 11.8 Å². The van der Waals surface area contributed by atoms with Crippen LogP contribution in [-0.4, -0.2) is 54.4 Å². The van der Waals surface area contributed by atoms with Crippen LogP contribution >= 0.6 is 0 Å². The van der Waals surface area contributed by atoms with Gasteiger partial charge < -0.3 is 20.1 Å². The number of carbonyl (C=O) groups is 2. The normalized spacial score (nSPS) is 21.6. The minimum Gasteiger partial charge on any atom is -0.480 e. The molecule has 0 aromatic heterocycles. The van der Waals surface area contributed by atoms with Crippen molar-refractivity contribution in [3.05, 3.63) is 0 Å². The molecule has 1 fully saturated rings. The first-order chi connectivity index (χ1) is 8.00. The van der Waals surface area contributed by atoms with Gasteiger partial charge in [0.25, 0.3) is 0 Å². The van der Waals surface area contributed by atoms with E-state index < -0.39 is 12.0 Å². The Morgan fingerprint density at radius 3 is 2.76 bits per heavy atom. The summed E-state index contributed by atoms with van der Waals surface area (Å²) in [6.07, 6.45) is 3.21. The van der Waals surface area contributed by atoms with Gasteiger partial charge in [0.1, 0.15) is 6.04 Å². The van der Waals surface area contributed by atoms with Crippen LogP contribution < -0.4 is 5.32 Å². The third kappa shape index (κ3) is 4.60. The largest absolute Gasteiger partial charge is 0.480 e. The SMILES string of the molecule is C[C@H](NC(=O)N(C)CC1CCCCO1)C(=O)O. The van der Waals surface area contributed by atoms with Crippen molar-refractivity contribution >= 4 is 12.0 Å². The van der Waals surface area contributed by atoms with Gasteiger partial charge in [-0.1, -0.05) is 0 Å². The summed E-state index contributed by atoms with van der Waals surface area (Å²) in [5, 5.41) is 11.1. The van der Waals surface area contributed by atoms with Crippen LogP contribution in [0.15, 0.2) is 0 Å². The molecule has 6 heteroatoms. The monoisotopic (exact) mass is 244 g/mol. The van der Waals surface area contributed by atoms with Gasteiger partial charge in [0.05, 0.1) is 6.10 Å². The molecular weight excluding hydrogens is 224 g/mol. The molecular formula is C11H20N2O4. The number of nitrogens with zero attached hydrogens (tertiary/aromatic N) is 1. The number of likely N-dealkylation sites (N-methyl/N-ethyl adjacent to an activating group) is 1. The zero-order valence-electron chi connectivity index (χ0n) is 10.3. The lowest BCUT2D eigenvalue weighted by Crippen LogP contribution is -2.47. The first-order valence-corrected chi connectivity index (χ1v) is 5.86. The number of nitrogens with one attached hydrogen (secondary N) is 1. The highest BCUT2D eigenvalue weighted by atomic mass is 16.5. The Labute approximate surface area is 101 Å². The number of urea groups is 1. The Bertz CT molecular complexity index is 277. The minimum absolute atomic E-state index is 0.0691. The van der Waals surface area contributed by atoms with E-state index in [9.17, 15) is 9.59 Å². The van der Waals surface area contributed by atoms with E-state index in [-0.39, 0.29) is 12.1 Å². The average molecular weight is 244 g/mol. The lowest BCUT2D eigenvalue weighted by molar-refractivity contribution is -0.138. The van der Waals surface area contributed by atoms with E-state index in [0.29, 0.717) is 6.54 Å². The fourth-order valence-corrected chi connectivity index (χ4v) is 1.70. The van der Waals surface area contributed by atoms with Crippen LogP contribution in [0.2, 0.25) is 0 Å². The van der Waals surface area contributed by atoms with Crippen molar-refractivity contribution in [2.24, 2.45) is 0 Å². The number of carbonyl (C=O) groups excluding carboxylic acids is 1. The van der Waals surface area contributed by atoms with Gasteiger partial charge in [-0.2, -0.15) is 0 Å². The second kappa shape index (κ2) is 6.44. The molecule has 1 unspecified atom stereocenters. The van der Waals surface area contributed by atoms with Gasteiger partial charge in [0.2, 0.25) is 0 Å². The summed E-state index contributed by atoms with van der Waals surface area (Å²) in [4.78, 5) is 23.7. The molecule has 2 atom stereocenters. The molecule has 1 aliphatic rings. The summed E-state index contributed by atoms with van der Waals surface area (Å²) >= 11 is 0. The van der Waals surface area contributed by atoms with Crippen molar-refractivity contribution < 1.29 is 19.4 Å². The predicted octanol–water partition coefficient (Wildman–Crippen LogP) is 0.670. The Balaban J connectivity index is 2.33.